The maximum absolute atomic E-state index is 13.7. The van der Waals surface area contributed by atoms with E-state index in [-0.39, 0.29) is 18.0 Å². The molecule has 3 amide bonds. The summed E-state index contributed by atoms with van der Waals surface area (Å²) in [7, 11) is 0. The van der Waals surface area contributed by atoms with E-state index in [1.165, 1.54) is 11.3 Å². The molecule has 1 fully saturated rings. The van der Waals surface area contributed by atoms with Gasteiger partial charge in [-0.05, 0) is 63.0 Å². The van der Waals surface area contributed by atoms with E-state index in [0.717, 1.165) is 51.9 Å². The van der Waals surface area contributed by atoms with Gasteiger partial charge in [-0.1, -0.05) is 32.4 Å². The highest BCUT2D eigenvalue weighted by atomic mass is 16.2. The maximum Gasteiger partial charge on any atom is 0.342 e. The molecule has 2 aromatic rings. The SMILES string of the molecule is CCCN(CCC)CC1CCCCN1NC(=O)N1c2ccccc2C(=O)Nc2cccnc21. The van der Waals surface area contributed by atoms with Crippen LogP contribution in [-0.4, -0.2) is 59.1 Å². The Kier molecular flexibility index (Phi) is 7.57. The number of aromatic nitrogens is 1. The summed E-state index contributed by atoms with van der Waals surface area (Å²) >= 11 is 0. The predicted molar refractivity (Wildman–Crippen MR) is 131 cm³/mol. The van der Waals surface area contributed by atoms with Gasteiger partial charge in [-0.15, -0.1) is 0 Å². The number of pyridine rings is 1. The number of nitrogens with zero attached hydrogens (tertiary/aromatic N) is 4. The lowest BCUT2D eigenvalue weighted by Crippen LogP contribution is -2.57. The number of piperidine rings is 1. The van der Waals surface area contributed by atoms with Crippen molar-refractivity contribution < 1.29 is 9.59 Å². The minimum absolute atomic E-state index is 0.249. The second-order valence-corrected chi connectivity index (χ2v) is 8.74. The molecule has 2 aliphatic rings. The summed E-state index contributed by atoms with van der Waals surface area (Å²) in [6.45, 7) is 8.30. The zero-order valence-electron chi connectivity index (χ0n) is 19.6. The average Bonchev–Trinajstić information content (AvgIpc) is 2.94. The Morgan fingerprint density at radius 2 is 1.94 bits per heavy atom. The first-order chi connectivity index (χ1) is 16.1. The first-order valence-electron chi connectivity index (χ1n) is 12.1. The molecule has 3 heterocycles. The van der Waals surface area contributed by atoms with E-state index in [2.05, 4.69) is 39.5 Å². The van der Waals surface area contributed by atoms with Crippen LogP contribution in [0.5, 0.6) is 0 Å². The van der Waals surface area contributed by atoms with Crippen LogP contribution in [0.25, 0.3) is 0 Å². The summed E-state index contributed by atoms with van der Waals surface area (Å²) in [6.07, 6.45) is 7.13. The summed E-state index contributed by atoms with van der Waals surface area (Å²) < 4.78 is 0. The summed E-state index contributed by atoms with van der Waals surface area (Å²) in [4.78, 5) is 35.0. The minimum atomic E-state index is -0.302. The van der Waals surface area contributed by atoms with Gasteiger partial charge in [0.1, 0.15) is 0 Å². The van der Waals surface area contributed by atoms with Gasteiger partial charge in [0.05, 0.1) is 16.9 Å². The first-order valence-corrected chi connectivity index (χ1v) is 12.1. The predicted octanol–water partition coefficient (Wildman–Crippen LogP) is 4.39. The van der Waals surface area contributed by atoms with Gasteiger partial charge < -0.3 is 10.2 Å². The van der Waals surface area contributed by atoms with E-state index in [0.29, 0.717) is 22.8 Å². The molecule has 2 N–H and O–H groups in total. The third kappa shape index (κ3) is 5.17. The monoisotopic (exact) mass is 450 g/mol. The van der Waals surface area contributed by atoms with Crippen molar-refractivity contribution in [3.8, 4) is 0 Å². The molecule has 0 saturated carbocycles. The molecule has 1 unspecified atom stereocenters. The van der Waals surface area contributed by atoms with Crippen molar-refractivity contribution in [2.24, 2.45) is 0 Å². The van der Waals surface area contributed by atoms with Crippen molar-refractivity contribution in [1.82, 2.24) is 20.3 Å². The fourth-order valence-corrected chi connectivity index (χ4v) is 4.78. The normalized spacial score (nSPS) is 18.3. The fourth-order valence-electron chi connectivity index (χ4n) is 4.78. The Bertz CT molecular complexity index is 975. The van der Waals surface area contributed by atoms with E-state index in [4.69, 9.17) is 0 Å². The largest absolute Gasteiger partial charge is 0.342 e. The summed E-state index contributed by atoms with van der Waals surface area (Å²) in [6, 6.07) is 10.6. The number of urea groups is 1. The number of carbonyl (C=O) groups excluding carboxylic acids is 2. The van der Waals surface area contributed by atoms with Gasteiger partial charge in [-0.2, -0.15) is 0 Å². The second kappa shape index (κ2) is 10.8. The number of benzene rings is 1. The number of anilines is 3. The Morgan fingerprint density at radius 1 is 1.15 bits per heavy atom. The molecule has 176 valence electrons. The van der Waals surface area contributed by atoms with Crippen molar-refractivity contribution in [2.75, 3.05) is 36.4 Å². The van der Waals surface area contributed by atoms with Crippen LogP contribution in [-0.2, 0) is 0 Å². The zero-order chi connectivity index (χ0) is 23.2. The topological polar surface area (TPSA) is 80.8 Å². The smallest absolute Gasteiger partial charge is 0.319 e. The number of rotatable bonds is 7. The molecular formula is C25H34N6O2. The highest BCUT2D eigenvalue weighted by Crippen LogP contribution is 2.36. The van der Waals surface area contributed by atoms with Crippen LogP contribution in [0.4, 0.5) is 22.0 Å². The van der Waals surface area contributed by atoms with Gasteiger partial charge in [0.15, 0.2) is 5.82 Å². The molecule has 4 rings (SSSR count). The van der Waals surface area contributed by atoms with Crippen molar-refractivity contribution in [2.45, 2.75) is 52.0 Å². The molecule has 1 atom stereocenters. The van der Waals surface area contributed by atoms with Crippen LogP contribution in [0.3, 0.4) is 0 Å². The van der Waals surface area contributed by atoms with Gasteiger partial charge in [0.25, 0.3) is 5.91 Å². The van der Waals surface area contributed by atoms with Gasteiger partial charge in [0, 0.05) is 25.3 Å². The molecule has 0 bridgehead atoms. The Balaban J connectivity index is 1.60. The number of fused-ring (bicyclic) bond motifs is 2. The van der Waals surface area contributed by atoms with E-state index in [1.807, 2.05) is 6.07 Å². The Labute approximate surface area is 195 Å². The van der Waals surface area contributed by atoms with E-state index in [1.54, 1.807) is 36.5 Å². The third-order valence-corrected chi connectivity index (χ3v) is 6.25. The summed E-state index contributed by atoms with van der Waals surface area (Å²) in [5.74, 6) is 0.168. The lowest BCUT2D eigenvalue weighted by molar-refractivity contribution is 0.0701. The van der Waals surface area contributed by atoms with Crippen LogP contribution in [0.15, 0.2) is 42.6 Å². The number of amides is 3. The van der Waals surface area contributed by atoms with Crippen molar-refractivity contribution in [1.29, 1.82) is 0 Å². The van der Waals surface area contributed by atoms with E-state index >= 15 is 0 Å². The molecule has 0 aliphatic carbocycles. The van der Waals surface area contributed by atoms with Crippen LogP contribution >= 0.6 is 0 Å². The Hall–Kier alpha value is -2.97. The lowest BCUT2D eigenvalue weighted by Gasteiger charge is -2.39. The molecular weight excluding hydrogens is 416 g/mol. The Morgan fingerprint density at radius 3 is 2.73 bits per heavy atom. The number of carbonyl (C=O) groups is 2. The maximum atomic E-state index is 13.7. The zero-order valence-corrected chi connectivity index (χ0v) is 19.6. The molecule has 8 heteroatoms. The molecule has 8 nitrogen and oxygen atoms in total. The minimum Gasteiger partial charge on any atom is -0.319 e. The molecule has 33 heavy (non-hydrogen) atoms. The number of para-hydroxylation sites is 1. The van der Waals surface area contributed by atoms with Crippen molar-refractivity contribution >= 4 is 29.1 Å². The number of hydrogen-bond donors (Lipinski definition) is 2. The standard InChI is InChI=1S/C25H34N6O2/c1-3-15-29(16-4-2)18-19-10-7-8-17-30(19)28-25(33)31-22-13-6-5-11-20(22)24(32)27-21-12-9-14-26-23(21)31/h5-6,9,11-14,19H,3-4,7-8,10,15-18H2,1-2H3,(H,27,32)(H,28,33). The van der Waals surface area contributed by atoms with Crippen LogP contribution in [0.1, 0.15) is 56.3 Å². The highest BCUT2D eigenvalue weighted by Gasteiger charge is 2.33. The molecule has 1 aromatic carbocycles. The van der Waals surface area contributed by atoms with Crippen LogP contribution in [0, 0.1) is 0 Å². The van der Waals surface area contributed by atoms with Crippen LogP contribution < -0.4 is 15.6 Å². The lowest BCUT2D eigenvalue weighted by atomic mass is 10.0. The average molecular weight is 451 g/mol. The van der Waals surface area contributed by atoms with Gasteiger partial charge in [-0.3, -0.25) is 10.2 Å². The molecule has 2 aliphatic heterocycles. The van der Waals surface area contributed by atoms with Gasteiger partial charge in [-0.25, -0.2) is 19.7 Å². The summed E-state index contributed by atoms with van der Waals surface area (Å²) in [5.41, 5.74) is 4.65. The van der Waals surface area contributed by atoms with Crippen LogP contribution in [0.2, 0.25) is 0 Å². The molecule has 1 saturated heterocycles. The molecule has 0 spiro atoms. The number of hydrazine groups is 1. The van der Waals surface area contributed by atoms with Gasteiger partial charge >= 0.3 is 6.03 Å². The van der Waals surface area contributed by atoms with E-state index in [9.17, 15) is 9.59 Å². The quantitative estimate of drug-likeness (QED) is 0.654. The number of nitrogens with one attached hydrogen (secondary N) is 2. The molecule has 0 radical (unpaired) electrons. The van der Waals surface area contributed by atoms with Crippen molar-refractivity contribution in [3.05, 3.63) is 48.2 Å². The fraction of sp³-hybridized carbons (Fsp3) is 0.480. The third-order valence-electron chi connectivity index (χ3n) is 6.25. The summed E-state index contributed by atoms with van der Waals surface area (Å²) in [5, 5.41) is 4.98. The highest BCUT2D eigenvalue weighted by molar-refractivity contribution is 6.16. The second-order valence-electron chi connectivity index (χ2n) is 8.74. The molecule has 1 aromatic heterocycles. The van der Waals surface area contributed by atoms with E-state index < -0.39 is 0 Å². The first kappa shape index (κ1) is 23.2. The van der Waals surface area contributed by atoms with Gasteiger partial charge in [0.2, 0.25) is 0 Å². The van der Waals surface area contributed by atoms with Crippen molar-refractivity contribution in [3.63, 3.8) is 0 Å². The number of hydrogen-bond acceptors (Lipinski definition) is 5.